The highest BCUT2D eigenvalue weighted by molar-refractivity contribution is 7.71. The Morgan fingerprint density at radius 1 is 1.05 bits per heavy atom. The topological polar surface area (TPSA) is 106 Å². The van der Waals surface area contributed by atoms with Crippen LogP contribution in [0.25, 0.3) is 10.8 Å². The first kappa shape index (κ1) is 29.0. The lowest BCUT2D eigenvalue weighted by Crippen LogP contribution is -2.58. The van der Waals surface area contributed by atoms with E-state index in [1.807, 2.05) is 36.4 Å². The minimum atomic E-state index is -2.70. The number of aromatic nitrogens is 2. The van der Waals surface area contributed by atoms with E-state index in [1.54, 1.807) is 20.4 Å². The standard InChI is InChI=1S/C33H38N7O2P/c1-22-16-27(29(42-3)17-28(22)40-14-12-33(13-15-40)20-39(2)21-33)37-32-35-19-24(18-34)31(38-32)36-26-11-10-23-8-6-7-9-25(23)30(26)43(4,5)41/h6-11,16-17,19H,12-15,20-21H2,1-5H3,(H2,35,36,37,38). The van der Waals surface area contributed by atoms with Gasteiger partial charge in [0, 0.05) is 43.2 Å². The lowest BCUT2D eigenvalue weighted by Gasteiger charge is -2.53. The molecule has 2 saturated heterocycles. The van der Waals surface area contributed by atoms with Crippen molar-refractivity contribution >= 4 is 52.0 Å². The average molecular weight is 596 g/mol. The smallest absolute Gasteiger partial charge is 0.229 e. The second kappa shape index (κ2) is 11.2. The molecule has 9 nitrogen and oxygen atoms in total. The third-order valence-electron chi connectivity index (χ3n) is 8.74. The van der Waals surface area contributed by atoms with E-state index in [9.17, 15) is 9.83 Å². The lowest BCUT2D eigenvalue weighted by atomic mass is 9.72. The van der Waals surface area contributed by atoms with E-state index in [-0.39, 0.29) is 5.56 Å². The fourth-order valence-corrected chi connectivity index (χ4v) is 8.22. The molecular weight excluding hydrogens is 557 g/mol. The molecule has 3 heterocycles. The van der Waals surface area contributed by atoms with Gasteiger partial charge in [-0.15, -0.1) is 0 Å². The molecule has 4 aromatic rings. The molecule has 0 aliphatic carbocycles. The van der Waals surface area contributed by atoms with Gasteiger partial charge in [-0.05, 0) is 74.0 Å². The van der Waals surface area contributed by atoms with E-state index in [1.165, 1.54) is 37.8 Å². The van der Waals surface area contributed by atoms with Crippen LogP contribution < -0.4 is 25.6 Å². The third kappa shape index (κ3) is 5.65. The molecule has 1 spiro atoms. The maximum Gasteiger partial charge on any atom is 0.229 e. The molecule has 43 heavy (non-hydrogen) atoms. The molecule has 1 aromatic heterocycles. The first-order valence-corrected chi connectivity index (χ1v) is 17.2. The van der Waals surface area contributed by atoms with Crippen LogP contribution in [-0.2, 0) is 4.57 Å². The minimum Gasteiger partial charge on any atom is -0.494 e. The quantitative estimate of drug-likeness (QED) is 0.246. The van der Waals surface area contributed by atoms with Gasteiger partial charge in [0.1, 0.15) is 24.5 Å². The maximum absolute atomic E-state index is 13.4. The van der Waals surface area contributed by atoms with Crippen molar-refractivity contribution in [3.63, 3.8) is 0 Å². The Labute approximate surface area is 253 Å². The van der Waals surface area contributed by atoms with Crippen LogP contribution in [-0.4, -0.2) is 68.5 Å². The number of hydrogen-bond acceptors (Lipinski definition) is 9. The zero-order chi connectivity index (χ0) is 30.4. The van der Waals surface area contributed by atoms with Crippen LogP contribution in [0.1, 0.15) is 24.0 Å². The zero-order valence-electron chi connectivity index (χ0n) is 25.4. The number of nitrogens with one attached hydrogen (secondary N) is 2. The summed E-state index contributed by atoms with van der Waals surface area (Å²) in [5.74, 6) is 1.35. The molecule has 0 atom stereocenters. The Balaban J connectivity index is 1.28. The molecule has 222 valence electrons. The number of aryl methyl sites for hydroxylation is 1. The number of hydrogen-bond donors (Lipinski definition) is 2. The Kier molecular flexibility index (Phi) is 7.53. The van der Waals surface area contributed by atoms with Crippen molar-refractivity contribution in [3.05, 3.63) is 65.9 Å². The largest absolute Gasteiger partial charge is 0.494 e. The summed E-state index contributed by atoms with van der Waals surface area (Å²) in [6.07, 6.45) is 3.90. The van der Waals surface area contributed by atoms with Gasteiger partial charge in [0.05, 0.1) is 24.7 Å². The first-order valence-electron chi connectivity index (χ1n) is 14.6. The van der Waals surface area contributed by atoms with Crippen LogP contribution in [0, 0.1) is 23.7 Å². The van der Waals surface area contributed by atoms with Crippen LogP contribution >= 0.6 is 7.14 Å². The highest BCUT2D eigenvalue weighted by Gasteiger charge is 2.43. The number of nitriles is 1. The van der Waals surface area contributed by atoms with Gasteiger partial charge in [-0.2, -0.15) is 10.2 Å². The molecule has 0 unspecified atom stereocenters. The van der Waals surface area contributed by atoms with Crippen molar-refractivity contribution in [2.24, 2.45) is 5.41 Å². The van der Waals surface area contributed by atoms with Gasteiger partial charge in [-0.25, -0.2) is 4.98 Å². The van der Waals surface area contributed by atoms with Crippen molar-refractivity contribution in [2.75, 3.05) is 69.2 Å². The summed E-state index contributed by atoms with van der Waals surface area (Å²) in [7, 11) is 1.16. The van der Waals surface area contributed by atoms with Crippen molar-refractivity contribution < 1.29 is 9.30 Å². The highest BCUT2D eigenvalue weighted by Crippen LogP contribution is 2.43. The van der Waals surface area contributed by atoms with Crippen LogP contribution in [0.4, 0.5) is 28.8 Å². The van der Waals surface area contributed by atoms with Crippen LogP contribution in [0.15, 0.2) is 54.7 Å². The molecule has 3 aromatic carbocycles. The predicted molar refractivity (Wildman–Crippen MR) is 175 cm³/mol. The van der Waals surface area contributed by atoms with Gasteiger partial charge in [0.25, 0.3) is 0 Å². The number of rotatable bonds is 7. The number of benzene rings is 3. The summed E-state index contributed by atoms with van der Waals surface area (Å²) < 4.78 is 19.2. The summed E-state index contributed by atoms with van der Waals surface area (Å²) >= 11 is 0. The minimum absolute atomic E-state index is 0.283. The lowest BCUT2D eigenvalue weighted by molar-refractivity contribution is 0.00130. The molecular formula is C33H38N7O2P. The van der Waals surface area contributed by atoms with Crippen LogP contribution in [0.5, 0.6) is 5.75 Å². The number of anilines is 5. The van der Waals surface area contributed by atoms with Gasteiger partial charge < -0.3 is 29.7 Å². The van der Waals surface area contributed by atoms with Crippen LogP contribution in [0.2, 0.25) is 0 Å². The second-order valence-electron chi connectivity index (χ2n) is 12.3. The number of ether oxygens (including phenoxy) is 1. The molecule has 0 saturated carbocycles. The van der Waals surface area contributed by atoms with Crippen molar-refractivity contribution in [2.45, 2.75) is 19.8 Å². The Morgan fingerprint density at radius 2 is 1.79 bits per heavy atom. The number of piperidine rings is 1. The Morgan fingerprint density at radius 3 is 2.47 bits per heavy atom. The van der Waals surface area contributed by atoms with E-state index < -0.39 is 7.14 Å². The molecule has 0 bridgehead atoms. The van der Waals surface area contributed by atoms with Gasteiger partial charge in [-0.3, -0.25) is 0 Å². The van der Waals surface area contributed by atoms with E-state index >= 15 is 0 Å². The van der Waals surface area contributed by atoms with E-state index in [0.29, 0.717) is 28.6 Å². The summed E-state index contributed by atoms with van der Waals surface area (Å²) in [4.78, 5) is 14.0. The molecule has 2 N–H and O–H groups in total. The number of nitrogens with zero attached hydrogens (tertiary/aromatic N) is 5. The third-order valence-corrected chi connectivity index (χ3v) is 10.3. The van der Waals surface area contributed by atoms with E-state index in [4.69, 9.17) is 4.74 Å². The summed E-state index contributed by atoms with van der Waals surface area (Å²) in [5, 5.41) is 19.1. The SMILES string of the molecule is COc1cc(N2CCC3(CC2)CN(C)C3)c(C)cc1Nc1ncc(C#N)c(Nc2ccc3ccccc3c2P(C)(C)=O)n1. The molecule has 0 amide bonds. The molecule has 0 radical (unpaired) electrons. The summed E-state index contributed by atoms with van der Waals surface area (Å²) in [6.45, 7) is 10.1. The van der Waals surface area contributed by atoms with Gasteiger partial charge in [-0.1, -0.05) is 30.3 Å². The summed E-state index contributed by atoms with van der Waals surface area (Å²) in [6, 6.07) is 18.1. The molecule has 2 aliphatic heterocycles. The van der Waals surface area contributed by atoms with Gasteiger partial charge >= 0.3 is 0 Å². The van der Waals surface area contributed by atoms with E-state index in [2.05, 4.69) is 62.6 Å². The van der Waals surface area contributed by atoms with Crippen LogP contribution in [0.3, 0.4) is 0 Å². The molecule has 2 aliphatic rings. The number of likely N-dealkylation sites (tertiary alicyclic amines) is 1. The van der Waals surface area contributed by atoms with Crippen molar-refractivity contribution in [3.8, 4) is 11.8 Å². The Bertz CT molecular complexity index is 1780. The number of fused-ring (bicyclic) bond motifs is 1. The fraction of sp³-hybridized carbons (Fsp3) is 0.364. The maximum atomic E-state index is 13.4. The predicted octanol–water partition coefficient (Wildman–Crippen LogP) is 6.09. The Hall–Kier alpha value is -4.12. The molecule has 6 rings (SSSR count). The van der Waals surface area contributed by atoms with Gasteiger partial charge in [0.2, 0.25) is 5.95 Å². The van der Waals surface area contributed by atoms with E-state index in [0.717, 1.165) is 40.4 Å². The molecule has 10 heteroatoms. The second-order valence-corrected chi connectivity index (χ2v) is 15.5. The van der Waals surface area contributed by atoms with Gasteiger partial charge in [0.15, 0.2) is 5.82 Å². The first-order chi connectivity index (χ1) is 20.6. The monoisotopic (exact) mass is 595 g/mol. The zero-order valence-corrected chi connectivity index (χ0v) is 26.3. The summed E-state index contributed by atoms with van der Waals surface area (Å²) in [5.41, 5.74) is 4.49. The van der Waals surface area contributed by atoms with Crippen molar-refractivity contribution in [1.29, 1.82) is 5.26 Å². The molecule has 2 fully saturated rings. The van der Waals surface area contributed by atoms with Crippen molar-refractivity contribution in [1.82, 2.24) is 14.9 Å². The fourth-order valence-electron chi connectivity index (χ4n) is 6.72. The number of methoxy groups -OCH3 is 1. The average Bonchev–Trinajstić information content (AvgIpc) is 2.96. The normalized spacial score (nSPS) is 16.5. The highest BCUT2D eigenvalue weighted by atomic mass is 31.2.